The van der Waals surface area contributed by atoms with Gasteiger partial charge in [0.25, 0.3) is 0 Å². The Morgan fingerprint density at radius 3 is 2.50 bits per heavy atom. The summed E-state index contributed by atoms with van der Waals surface area (Å²) in [6.45, 7) is 7.26. The first-order valence-electron chi connectivity index (χ1n) is 9.03. The zero-order valence-corrected chi connectivity index (χ0v) is 17.9. The van der Waals surface area contributed by atoms with Gasteiger partial charge in [-0.25, -0.2) is 13.4 Å². The Morgan fingerprint density at radius 2 is 1.93 bits per heavy atom. The molecule has 0 bridgehead atoms. The number of hydrogen-bond donors (Lipinski definition) is 0. The fourth-order valence-corrected chi connectivity index (χ4v) is 5.72. The summed E-state index contributed by atoms with van der Waals surface area (Å²) in [5, 5.41) is 0.0535. The number of sulfone groups is 1. The van der Waals surface area contributed by atoms with E-state index in [9.17, 15) is 13.2 Å². The van der Waals surface area contributed by atoms with E-state index in [1.54, 1.807) is 6.07 Å². The minimum atomic E-state index is -4.03. The largest absolute Gasteiger partial charge is 0.464 e. The average molecular weight is 430 g/mol. The van der Waals surface area contributed by atoms with E-state index in [0.717, 1.165) is 0 Å². The van der Waals surface area contributed by atoms with Crippen LogP contribution in [-0.4, -0.2) is 43.9 Å². The quantitative estimate of drug-likeness (QED) is 0.684. The van der Waals surface area contributed by atoms with Crippen molar-refractivity contribution in [3.8, 4) is 0 Å². The number of carbonyl (C=O) groups is 1. The highest BCUT2D eigenvalue weighted by Gasteiger charge is 2.49. The van der Waals surface area contributed by atoms with Gasteiger partial charge in [-0.05, 0) is 25.0 Å². The third-order valence-electron chi connectivity index (χ3n) is 4.89. The third-order valence-corrected chi connectivity index (χ3v) is 7.92. The van der Waals surface area contributed by atoms with E-state index >= 15 is 0 Å². The number of aromatic nitrogens is 1. The zero-order valence-electron chi connectivity index (χ0n) is 16.4. The fourth-order valence-electron chi connectivity index (χ4n) is 3.20. The topological polar surface area (TPSA) is 95.7 Å². The van der Waals surface area contributed by atoms with Crippen LogP contribution in [0.3, 0.4) is 0 Å². The number of nitrogens with zero attached hydrogens (tertiary/aromatic N) is 1. The Morgan fingerprint density at radius 1 is 1.29 bits per heavy atom. The first-order valence-corrected chi connectivity index (χ1v) is 10.9. The van der Waals surface area contributed by atoms with Crippen molar-refractivity contribution in [2.75, 3.05) is 19.8 Å². The molecule has 3 rings (SSSR count). The molecule has 0 unspecified atom stereocenters. The van der Waals surface area contributed by atoms with Crippen LogP contribution in [0.15, 0.2) is 21.4 Å². The lowest BCUT2D eigenvalue weighted by Gasteiger charge is -2.35. The molecule has 28 heavy (non-hydrogen) atoms. The summed E-state index contributed by atoms with van der Waals surface area (Å²) >= 11 is 6.35. The zero-order chi connectivity index (χ0) is 20.7. The van der Waals surface area contributed by atoms with Crippen LogP contribution in [0.2, 0.25) is 5.02 Å². The number of carbonyl (C=O) groups excluding carboxylic acids is 1. The Bertz CT molecular complexity index is 999. The first kappa shape index (κ1) is 21.1. The van der Waals surface area contributed by atoms with Gasteiger partial charge >= 0.3 is 5.97 Å². The van der Waals surface area contributed by atoms with Gasteiger partial charge in [-0.1, -0.05) is 32.4 Å². The van der Waals surface area contributed by atoms with E-state index in [2.05, 4.69) is 4.98 Å². The Labute approximate surface area is 169 Å². The van der Waals surface area contributed by atoms with E-state index < -0.39 is 26.0 Å². The lowest BCUT2D eigenvalue weighted by molar-refractivity contribution is -0.142. The fraction of sp³-hybridized carbons (Fsp3) is 0.579. The van der Waals surface area contributed by atoms with Crippen LogP contribution < -0.4 is 0 Å². The second kappa shape index (κ2) is 7.31. The summed E-state index contributed by atoms with van der Waals surface area (Å²) < 4.78 is 42.6. The van der Waals surface area contributed by atoms with Crippen molar-refractivity contribution < 1.29 is 27.1 Å². The van der Waals surface area contributed by atoms with E-state index in [-0.39, 0.29) is 48.2 Å². The molecule has 1 saturated heterocycles. The van der Waals surface area contributed by atoms with Crippen LogP contribution >= 0.6 is 11.6 Å². The molecule has 2 aromatic rings. The van der Waals surface area contributed by atoms with Crippen LogP contribution in [0.1, 0.15) is 46.4 Å². The second-order valence-electron chi connectivity index (χ2n) is 8.07. The number of halogens is 1. The van der Waals surface area contributed by atoms with E-state index in [4.69, 9.17) is 25.5 Å². The maximum atomic E-state index is 13.8. The molecule has 7 nitrogen and oxygen atoms in total. The number of esters is 1. The molecule has 9 heteroatoms. The van der Waals surface area contributed by atoms with Crippen molar-refractivity contribution in [1.29, 1.82) is 0 Å². The molecule has 0 N–H and O–H groups in total. The smallest absolute Gasteiger partial charge is 0.302 e. The highest BCUT2D eigenvalue weighted by molar-refractivity contribution is 7.93. The van der Waals surface area contributed by atoms with Crippen molar-refractivity contribution in [1.82, 2.24) is 4.98 Å². The lowest BCUT2D eigenvalue weighted by atomic mass is 9.97. The number of rotatable bonds is 4. The standard InChI is InChI=1S/C19H24ClNO6S/c1-12(22)26-11-19(7-9-25-10-8-19)28(23,24)16-13(20)5-6-14-15(16)27-17(21-14)18(2,3)4/h5-6H,7-11H2,1-4H3. The Hall–Kier alpha value is -1.64. The maximum absolute atomic E-state index is 13.8. The normalized spacial score (nSPS) is 17.6. The van der Waals surface area contributed by atoms with Gasteiger partial charge < -0.3 is 13.9 Å². The predicted octanol–water partition coefficient (Wildman–Crippen LogP) is 3.66. The van der Waals surface area contributed by atoms with Gasteiger partial charge in [0.05, 0.1) is 5.02 Å². The molecule has 1 fully saturated rings. The molecule has 0 spiro atoms. The summed E-state index contributed by atoms with van der Waals surface area (Å²) in [6, 6.07) is 3.14. The molecule has 0 radical (unpaired) electrons. The minimum Gasteiger partial charge on any atom is -0.464 e. The monoisotopic (exact) mass is 429 g/mol. The summed E-state index contributed by atoms with van der Waals surface area (Å²) in [6.07, 6.45) is 0.380. The number of hydrogen-bond acceptors (Lipinski definition) is 7. The molecular formula is C19H24ClNO6S. The Balaban J connectivity index is 2.21. The molecule has 0 saturated carbocycles. The number of oxazole rings is 1. The van der Waals surface area contributed by atoms with Crippen molar-refractivity contribution >= 4 is 38.5 Å². The van der Waals surface area contributed by atoms with Gasteiger partial charge in [0.1, 0.15) is 21.8 Å². The molecule has 1 aliphatic rings. The molecule has 2 heterocycles. The molecule has 154 valence electrons. The van der Waals surface area contributed by atoms with Crippen LogP contribution in [0, 0.1) is 0 Å². The predicted molar refractivity (Wildman–Crippen MR) is 104 cm³/mol. The number of fused-ring (bicyclic) bond motifs is 1. The van der Waals surface area contributed by atoms with Gasteiger partial charge in [0.2, 0.25) is 5.89 Å². The van der Waals surface area contributed by atoms with Crippen LogP contribution in [0.4, 0.5) is 0 Å². The minimum absolute atomic E-state index is 0.0535. The molecule has 1 aliphatic heterocycles. The summed E-state index contributed by atoms with van der Waals surface area (Å²) in [5.74, 6) is -0.123. The molecule has 1 aromatic heterocycles. The molecular weight excluding hydrogens is 406 g/mol. The van der Waals surface area contributed by atoms with Gasteiger partial charge in [0, 0.05) is 25.6 Å². The first-order chi connectivity index (χ1) is 13.0. The van der Waals surface area contributed by atoms with Gasteiger partial charge in [-0.15, -0.1) is 0 Å². The molecule has 0 atom stereocenters. The van der Waals surface area contributed by atoms with Crippen LogP contribution in [0.5, 0.6) is 0 Å². The lowest BCUT2D eigenvalue weighted by Crippen LogP contribution is -2.48. The summed E-state index contributed by atoms with van der Waals surface area (Å²) in [5.41, 5.74) is 0.148. The third kappa shape index (κ3) is 3.65. The van der Waals surface area contributed by atoms with Crippen molar-refractivity contribution in [3.63, 3.8) is 0 Å². The van der Waals surface area contributed by atoms with Crippen molar-refractivity contribution in [2.24, 2.45) is 0 Å². The summed E-state index contributed by atoms with van der Waals surface area (Å²) in [4.78, 5) is 15.7. The van der Waals surface area contributed by atoms with Crippen LogP contribution in [-0.2, 0) is 29.5 Å². The van der Waals surface area contributed by atoms with Gasteiger partial charge in [-0.3, -0.25) is 4.79 Å². The molecule has 0 amide bonds. The highest BCUT2D eigenvalue weighted by Crippen LogP contribution is 2.42. The second-order valence-corrected chi connectivity index (χ2v) is 10.8. The average Bonchev–Trinajstić information content (AvgIpc) is 3.04. The van der Waals surface area contributed by atoms with Crippen LogP contribution in [0.25, 0.3) is 11.1 Å². The van der Waals surface area contributed by atoms with E-state index in [1.165, 1.54) is 13.0 Å². The highest BCUT2D eigenvalue weighted by atomic mass is 35.5. The number of benzene rings is 1. The van der Waals surface area contributed by atoms with Gasteiger partial charge in [-0.2, -0.15) is 0 Å². The SMILES string of the molecule is CC(=O)OCC1(S(=O)(=O)c2c(Cl)ccc3nc(C(C)(C)C)oc23)CCOCC1. The maximum Gasteiger partial charge on any atom is 0.302 e. The van der Waals surface area contributed by atoms with Gasteiger partial charge in [0.15, 0.2) is 15.4 Å². The van der Waals surface area contributed by atoms with Crippen molar-refractivity contribution in [2.45, 2.75) is 55.6 Å². The van der Waals surface area contributed by atoms with Crippen molar-refractivity contribution in [3.05, 3.63) is 23.0 Å². The molecule has 0 aliphatic carbocycles. The molecule has 1 aromatic carbocycles. The van der Waals surface area contributed by atoms with E-state index in [0.29, 0.717) is 11.4 Å². The Kier molecular flexibility index (Phi) is 5.51. The number of ether oxygens (including phenoxy) is 2. The summed E-state index contributed by atoms with van der Waals surface area (Å²) in [7, 11) is -4.03. The van der Waals surface area contributed by atoms with E-state index in [1.807, 2.05) is 20.8 Å².